The summed E-state index contributed by atoms with van der Waals surface area (Å²) in [6, 6.07) is 6.54. The van der Waals surface area contributed by atoms with Crippen LogP contribution >= 0.6 is 11.3 Å². The number of nitrogens with one attached hydrogen (secondary N) is 1. The van der Waals surface area contributed by atoms with Gasteiger partial charge in [-0.05, 0) is 19.1 Å². The zero-order valence-electron chi connectivity index (χ0n) is 10.7. The minimum absolute atomic E-state index is 0.953. The van der Waals surface area contributed by atoms with E-state index < -0.39 is 0 Å². The second-order valence-electron chi connectivity index (χ2n) is 4.46. The molecule has 18 heavy (non-hydrogen) atoms. The minimum Gasteiger partial charge on any atom is -0.365 e. The molecule has 0 saturated carbocycles. The number of aromatic nitrogens is 2. The number of aryl methyl sites for hydroxylation is 2. The Hall–Kier alpha value is -1.81. The van der Waals surface area contributed by atoms with Crippen molar-refractivity contribution in [1.82, 2.24) is 9.55 Å². The van der Waals surface area contributed by atoms with E-state index in [2.05, 4.69) is 58.6 Å². The van der Waals surface area contributed by atoms with Crippen molar-refractivity contribution in [2.24, 2.45) is 7.05 Å². The first-order valence-electron chi connectivity index (χ1n) is 5.88. The van der Waals surface area contributed by atoms with E-state index in [9.17, 15) is 0 Å². The largest absolute Gasteiger partial charge is 0.365 e. The molecule has 0 aliphatic heterocycles. The van der Waals surface area contributed by atoms with Crippen molar-refractivity contribution in [3.8, 4) is 11.3 Å². The molecular weight excluding hydrogens is 242 g/mol. The molecule has 0 spiro atoms. The summed E-state index contributed by atoms with van der Waals surface area (Å²) in [5, 5.41) is 7.41. The van der Waals surface area contributed by atoms with Gasteiger partial charge in [-0.1, -0.05) is 11.6 Å². The van der Waals surface area contributed by atoms with Gasteiger partial charge in [0.2, 0.25) is 0 Å². The molecule has 0 bridgehead atoms. The van der Waals surface area contributed by atoms with Crippen molar-refractivity contribution in [2.75, 3.05) is 12.4 Å². The van der Waals surface area contributed by atoms with Crippen LogP contribution in [0.1, 0.15) is 5.56 Å². The second-order valence-corrected chi connectivity index (χ2v) is 5.32. The Bertz CT molecular complexity index is 709. The Kier molecular flexibility index (Phi) is 2.59. The first kappa shape index (κ1) is 11.3. The van der Waals surface area contributed by atoms with Crippen LogP contribution in [-0.4, -0.2) is 16.6 Å². The fraction of sp³-hybridized carbons (Fsp3) is 0.214. The van der Waals surface area contributed by atoms with Crippen molar-refractivity contribution in [2.45, 2.75) is 6.92 Å². The van der Waals surface area contributed by atoms with Gasteiger partial charge < -0.3 is 9.88 Å². The van der Waals surface area contributed by atoms with Crippen LogP contribution in [0.15, 0.2) is 29.8 Å². The first-order chi connectivity index (χ1) is 8.69. The maximum atomic E-state index is 4.59. The summed E-state index contributed by atoms with van der Waals surface area (Å²) in [6.07, 6.45) is 2.15. The molecule has 3 nitrogen and oxygen atoms in total. The Morgan fingerprint density at radius 1 is 1.33 bits per heavy atom. The molecule has 92 valence electrons. The van der Waals surface area contributed by atoms with Gasteiger partial charge in [-0.3, -0.25) is 0 Å². The maximum absolute atomic E-state index is 4.59. The van der Waals surface area contributed by atoms with E-state index in [1.807, 2.05) is 7.05 Å². The SMILES string of the molecule is CNc1nc(-c2cn(C)c3ccc(C)cc23)cs1. The van der Waals surface area contributed by atoms with E-state index in [1.165, 1.54) is 22.0 Å². The highest BCUT2D eigenvalue weighted by Crippen LogP contribution is 2.32. The van der Waals surface area contributed by atoms with Gasteiger partial charge in [0.15, 0.2) is 5.13 Å². The summed E-state index contributed by atoms with van der Waals surface area (Å²) < 4.78 is 2.16. The number of hydrogen-bond acceptors (Lipinski definition) is 3. The molecule has 0 radical (unpaired) electrons. The molecule has 2 heterocycles. The molecule has 4 heteroatoms. The molecule has 1 N–H and O–H groups in total. The van der Waals surface area contributed by atoms with Crippen molar-refractivity contribution in [3.05, 3.63) is 35.3 Å². The summed E-state index contributed by atoms with van der Waals surface area (Å²) in [5.74, 6) is 0. The molecule has 3 rings (SSSR count). The molecule has 0 unspecified atom stereocenters. The Balaban J connectivity index is 2.25. The Labute approximate surface area is 110 Å². The molecule has 0 atom stereocenters. The number of thiazole rings is 1. The van der Waals surface area contributed by atoms with Crippen LogP contribution in [0.4, 0.5) is 5.13 Å². The number of benzene rings is 1. The van der Waals surface area contributed by atoms with E-state index >= 15 is 0 Å². The molecule has 0 fully saturated rings. The van der Waals surface area contributed by atoms with E-state index in [4.69, 9.17) is 0 Å². The van der Waals surface area contributed by atoms with Crippen LogP contribution in [0.2, 0.25) is 0 Å². The summed E-state index contributed by atoms with van der Waals surface area (Å²) in [6.45, 7) is 2.12. The standard InChI is InChI=1S/C14H15N3S/c1-9-4-5-13-10(6-9)11(7-17(13)3)12-8-18-14(15-2)16-12/h4-8H,1-3H3,(H,15,16). The number of anilines is 1. The highest BCUT2D eigenvalue weighted by molar-refractivity contribution is 7.14. The lowest BCUT2D eigenvalue weighted by Crippen LogP contribution is -1.85. The Morgan fingerprint density at radius 3 is 2.89 bits per heavy atom. The third kappa shape index (κ3) is 1.69. The second kappa shape index (κ2) is 4.14. The predicted molar refractivity (Wildman–Crippen MR) is 78.3 cm³/mol. The molecule has 0 saturated heterocycles. The fourth-order valence-electron chi connectivity index (χ4n) is 2.22. The molecule has 0 aliphatic carbocycles. The summed E-state index contributed by atoms with van der Waals surface area (Å²) in [4.78, 5) is 4.59. The van der Waals surface area contributed by atoms with Gasteiger partial charge >= 0.3 is 0 Å². The number of fused-ring (bicyclic) bond motifs is 1. The van der Waals surface area contributed by atoms with Gasteiger partial charge in [0.25, 0.3) is 0 Å². The molecular formula is C14H15N3S. The lowest BCUT2D eigenvalue weighted by Gasteiger charge is -1.97. The Morgan fingerprint density at radius 2 is 2.17 bits per heavy atom. The fourth-order valence-corrected chi connectivity index (χ4v) is 2.89. The van der Waals surface area contributed by atoms with Crippen molar-refractivity contribution < 1.29 is 0 Å². The molecule has 0 amide bonds. The highest BCUT2D eigenvalue weighted by atomic mass is 32.1. The van der Waals surface area contributed by atoms with Gasteiger partial charge in [0.05, 0.1) is 5.69 Å². The number of hydrogen-bond donors (Lipinski definition) is 1. The van der Waals surface area contributed by atoms with Gasteiger partial charge in [0, 0.05) is 42.1 Å². The highest BCUT2D eigenvalue weighted by Gasteiger charge is 2.11. The third-order valence-electron chi connectivity index (χ3n) is 3.14. The monoisotopic (exact) mass is 257 g/mol. The topological polar surface area (TPSA) is 29.9 Å². The summed E-state index contributed by atoms with van der Waals surface area (Å²) >= 11 is 1.63. The van der Waals surface area contributed by atoms with Crippen LogP contribution in [-0.2, 0) is 7.05 Å². The maximum Gasteiger partial charge on any atom is 0.182 e. The lowest BCUT2D eigenvalue weighted by molar-refractivity contribution is 0.969. The first-order valence-corrected chi connectivity index (χ1v) is 6.76. The zero-order valence-corrected chi connectivity index (χ0v) is 11.5. The quantitative estimate of drug-likeness (QED) is 0.759. The van der Waals surface area contributed by atoms with Gasteiger partial charge in [-0.2, -0.15) is 0 Å². The van der Waals surface area contributed by atoms with Crippen molar-refractivity contribution in [1.29, 1.82) is 0 Å². The van der Waals surface area contributed by atoms with Gasteiger partial charge in [-0.15, -0.1) is 11.3 Å². The molecule has 3 aromatic rings. The smallest absolute Gasteiger partial charge is 0.182 e. The van der Waals surface area contributed by atoms with E-state index in [0.29, 0.717) is 0 Å². The normalized spacial score (nSPS) is 11.1. The summed E-state index contributed by atoms with van der Waals surface area (Å²) in [7, 11) is 3.97. The number of nitrogens with zero attached hydrogens (tertiary/aromatic N) is 2. The van der Waals surface area contributed by atoms with Crippen LogP contribution in [0, 0.1) is 6.92 Å². The van der Waals surface area contributed by atoms with E-state index in [-0.39, 0.29) is 0 Å². The molecule has 0 aliphatic rings. The van der Waals surface area contributed by atoms with Gasteiger partial charge in [0.1, 0.15) is 0 Å². The molecule has 1 aromatic carbocycles. The van der Waals surface area contributed by atoms with Crippen LogP contribution < -0.4 is 5.32 Å². The average Bonchev–Trinajstić information content (AvgIpc) is 2.94. The zero-order chi connectivity index (χ0) is 12.7. The van der Waals surface area contributed by atoms with E-state index in [0.717, 1.165) is 10.8 Å². The van der Waals surface area contributed by atoms with Gasteiger partial charge in [-0.25, -0.2) is 4.98 Å². The van der Waals surface area contributed by atoms with Crippen LogP contribution in [0.5, 0.6) is 0 Å². The summed E-state index contributed by atoms with van der Waals surface area (Å²) in [5.41, 5.74) is 4.77. The van der Waals surface area contributed by atoms with E-state index in [1.54, 1.807) is 11.3 Å². The van der Waals surface area contributed by atoms with Crippen LogP contribution in [0.3, 0.4) is 0 Å². The predicted octanol–water partition coefficient (Wildman–Crippen LogP) is 3.65. The van der Waals surface area contributed by atoms with Crippen molar-refractivity contribution in [3.63, 3.8) is 0 Å². The number of rotatable bonds is 2. The van der Waals surface area contributed by atoms with Crippen LogP contribution in [0.25, 0.3) is 22.2 Å². The minimum atomic E-state index is 0.953. The lowest BCUT2D eigenvalue weighted by atomic mass is 10.1. The average molecular weight is 257 g/mol. The van der Waals surface area contributed by atoms with Crippen molar-refractivity contribution >= 4 is 27.4 Å². The molecule has 2 aromatic heterocycles. The third-order valence-corrected chi connectivity index (χ3v) is 4.00.